The number of benzene rings is 1. The summed E-state index contributed by atoms with van der Waals surface area (Å²) in [4.78, 5) is 11.3. The summed E-state index contributed by atoms with van der Waals surface area (Å²) in [5.41, 5.74) is 2.20. The van der Waals surface area contributed by atoms with Crippen molar-refractivity contribution >= 4 is 21.6 Å². The van der Waals surface area contributed by atoms with Gasteiger partial charge in [-0.25, -0.2) is 13.1 Å². The van der Waals surface area contributed by atoms with Crippen LogP contribution in [0.15, 0.2) is 35.2 Å². The molecule has 1 aromatic carbocycles. The van der Waals surface area contributed by atoms with Gasteiger partial charge in [-0.3, -0.25) is 4.79 Å². The SMILES string of the molecule is COc1ccc(S(=O)(=O)NCc2ccc(C)n2C)cc1NC(C)=O. The van der Waals surface area contributed by atoms with Crippen molar-refractivity contribution in [2.75, 3.05) is 12.4 Å². The first-order valence-electron chi connectivity index (χ1n) is 7.31. The zero-order chi connectivity index (χ0) is 17.9. The Hall–Kier alpha value is -2.32. The Morgan fingerprint density at radius 3 is 2.50 bits per heavy atom. The molecule has 1 aromatic heterocycles. The number of anilines is 1. The summed E-state index contributed by atoms with van der Waals surface area (Å²) in [5, 5.41) is 2.56. The maximum atomic E-state index is 12.5. The van der Waals surface area contributed by atoms with E-state index in [-0.39, 0.29) is 17.3 Å². The second kappa shape index (κ2) is 7.06. The molecule has 2 rings (SSSR count). The summed E-state index contributed by atoms with van der Waals surface area (Å²) >= 11 is 0. The highest BCUT2D eigenvalue weighted by Crippen LogP contribution is 2.27. The molecule has 0 radical (unpaired) electrons. The lowest BCUT2D eigenvalue weighted by Crippen LogP contribution is -2.24. The molecule has 130 valence electrons. The van der Waals surface area contributed by atoms with E-state index in [2.05, 4.69) is 10.0 Å². The summed E-state index contributed by atoms with van der Waals surface area (Å²) in [7, 11) is -0.394. The first kappa shape index (κ1) is 18.0. The first-order chi connectivity index (χ1) is 11.2. The van der Waals surface area contributed by atoms with Crippen molar-refractivity contribution < 1.29 is 17.9 Å². The molecule has 2 N–H and O–H groups in total. The summed E-state index contributed by atoms with van der Waals surface area (Å²) in [6.07, 6.45) is 0. The van der Waals surface area contributed by atoms with Crippen molar-refractivity contribution in [2.45, 2.75) is 25.3 Å². The van der Waals surface area contributed by atoms with E-state index < -0.39 is 10.0 Å². The van der Waals surface area contributed by atoms with Gasteiger partial charge in [0.05, 0.1) is 24.2 Å². The summed E-state index contributed by atoms with van der Waals surface area (Å²) in [6.45, 7) is 3.46. The Bertz CT molecular complexity index is 856. The fraction of sp³-hybridized carbons (Fsp3) is 0.312. The van der Waals surface area contributed by atoms with Gasteiger partial charge in [-0.15, -0.1) is 0 Å². The molecule has 7 nitrogen and oxygen atoms in total. The van der Waals surface area contributed by atoms with Gasteiger partial charge >= 0.3 is 0 Å². The number of rotatable bonds is 6. The van der Waals surface area contributed by atoms with Gasteiger partial charge in [0, 0.05) is 25.4 Å². The van der Waals surface area contributed by atoms with Crippen molar-refractivity contribution in [3.8, 4) is 5.75 Å². The van der Waals surface area contributed by atoms with E-state index in [1.54, 1.807) is 0 Å². The van der Waals surface area contributed by atoms with Crippen molar-refractivity contribution in [3.63, 3.8) is 0 Å². The predicted molar refractivity (Wildman–Crippen MR) is 91.5 cm³/mol. The largest absolute Gasteiger partial charge is 0.495 e. The molecular formula is C16H21N3O4S. The summed E-state index contributed by atoms with van der Waals surface area (Å²) in [6, 6.07) is 8.11. The van der Waals surface area contributed by atoms with Crippen LogP contribution in [0.2, 0.25) is 0 Å². The lowest BCUT2D eigenvalue weighted by molar-refractivity contribution is -0.114. The number of nitrogens with zero attached hydrogens (tertiary/aromatic N) is 1. The Labute approximate surface area is 141 Å². The highest BCUT2D eigenvalue weighted by Gasteiger charge is 2.17. The van der Waals surface area contributed by atoms with Crippen LogP contribution in [-0.2, 0) is 28.4 Å². The molecule has 0 saturated heterocycles. The van der Waals surface area contributed by atoms with Crippen molar-refractivity contribution in [1.29, 1.82) is 0 Å². The molecule has 0 aliphatic carbocycles. The minimum absolute atomic E-state index is 0.0537. The fourth-order valence-electron chi connectivity index (χ4n) is 2.24. The molecule has 0 unspecified atom stereocenters. The number of aromatic nitrogens is 1. The molecule has 0 aliphatic rings. The van der Waals surface area contributed by atoms with E-state index in [0.717, 1.165) is 11.4 Å². The Kier molecular flexibility index (Phi) is 5.30. The van der Waals surface area contributed by atoms with Gasteiger partial charge < -0.3 is 14.6 Å². The average molecular weight is 351 g/mol. The van der Waals surface area contributed by atoms with Crippen LogP contribution in [-0.4, -0.2) is 26.0 Å². The maximum Gasteiger partial charge on any atom is 0.241 e. The van der Waals surface area contributed by atoms with E-state index >= 15 is 0 Å². The average Bonchev–Trinajstić information content (AvgIpc) is 2.84. The minimum atomic E-state index is -3.72. The molecule has 2 aromatic rings. The Balaban J connectivity index is 2.25. The monoisotopic (exact) mass is 351 g/mol. The third-order valence-corrected chi connectivity index (χ3v) is 5.11. The highest BCUT2D eigenvalue weighted by atomic mass is 32.2. The van der Waals surface area contributed by atoms with Crippen LogP contribution in [0.3, 0.4) is 0 Å². The topological polar surface area (TPSA) is 89.4 Å². The molecule has 1 amide bonds. The molecule has 24 heavy (non-hydrogen) atoms. The van der Waals surface area contributed by atoms with Gasteiger partial charge in [-0.2, -0.15) is 0 Å². The van der Waals surface area contributed by atoms with Crippen LogP contribution in [0.1, 0.15) is 18.3 Å². The van der Waals surface area contributed by atoms with Crippen molar-refractivity contribution in [3.05, 3.63) is 41.7 Å². The number of hydrogen-bond donors (Lipinski definition) is 2. The number of nitrogens with one attached hydrogen (secondary N) is 2. The predicted octanol–water partition coefficient (Wildman–Crippen LogP) is 1.78. The van der Waals surface area contributed by atoms with E-state index in [1.165, 1.54) is 32.2 Å². The van der Waals surface area contributed by atoms with Crippen molar-refractivity contribution in [2.24, 2.45) is 7.05 Å². The maximum absolute atomic E-state index is 12.5. The zero-order valence-electron chi connectivity index (χ0n) is 14.1. The Morgan fingerprint density at radius 2 is 1.96 bits per heavy atom. The first-order valence-corrected chi connectivity index (χ1v) is 8.79. The van der Waals surface area contributed by atoms with Gasteiger partial charge in [-0.05, 0) is 37.3 Å². The van der Waals surface area contributed by atoms with E-state index in [1.807, 2.05) is 30.7 Å². The number of methoxy groups -OCH3 is 1. The van der Waals surface area contributed by atoms with Gasteiger partial charge in [0.1, 0.15) is 5.75 Å². The smallest absolute Gasteiger partial charge is 0.241 e. The van der Waals surface area contributed by atoms with E-state index in [4.69, 9.17) is 4.74 Å². The van der Waals surface area contributed by atoms with E-state index in [0.29, 0.717) is 11.4 Å². The molecule has 0 saturated carbocycles. The summed E-state index contributed by atoms with van der Waals surface area (Å²) in [5.74, 6) is 0.0808. The number of ether oxygens (including phenoxy) is 1. The van der Waals surface area contributed by atoms with Crippen LogP contribution in [0.5, 0.6) is 5.75 Å². The van der Waals surface area contributed by atoms with Gasteiger partial charge in [0.15, 0.2) is 0 Å². The summed E-state index contributed by atoms with van der Waals surface area (Å²) < 4.78 is 34.6. The second-order valence-electron chi connectivity index (χ2n) is 5.39. The molecule has 0 atom stereocenters. The number of amides is 1. The molecular weight excluding hydrogens is 330 g/mol. The molecule has 0 fully saturated rings. The number of aryl methyl sites for hydroxylation is 1. The third kappa shape index (κ3) is 3.95. The molecule has 8 heteroatoms. The fourth-order valence-corrected chi connectivity index (χ4v) is 3.26. The second-order valence-corrected chi connectivity index (χ2v) is 7.16. The number of hydrogen-bond acceptors (Lipinski definition) is 4. The number of sulfonamides is 1. The highest BCUT2D eigenvalue weighted by molar-refractivity contribution is 7.89. The van der Waals surface area contributed by atoms with Crippen LogP contribution >= 0.6 is 0 Å². The van der Waals surface area contributed by atoms with Gasteiger partial charge in [0.2, 0.25) is 15.9 Å². The van der Waals surface area contributed by atoms with Gasteiger partial charge in [0.25, 0.3) is 0 Å². The number of carbonyl (C=O) groups excluding carboxylic acids is 1. The Morgan fingerprint density at radius 1 is 1.25 bits per heavy atom. The standard InChI is InChI=1S/C16H21N3O4S/c1-11-5-6-13(19(11)3)10-17-24(21,22)14-7-8-16(23-4)15(9-14)18-12(2)20/h5-9,17H,10H2,1-4H3,(H,18,20). The normalized spacial score (nSPS) is 11.3. The number of carbonyl (C=O) groups is 1. The van der Waals surface area contributed by atoms with Crippen molar-refractivity contribution in [1.82, 2.24) is 9.29 Å². The van der Waals surface area contributed by atoms with Gasteiger partial charge in [-0.1, -0.05) is 0 Å². The molecule has 0 bridgehead atoms. The quantitative estimate of drug-likeness (QED) is 0.830. The van der Waals surface area contributed by atoms with Crippen LogP contribution in [0.4, 0.5) is 5.69 Å². The molecule has 1 heterocycles. The van der Waals surface area contributed by atoms with Crippen LogP contribution < -0.4 is 14.8 Å². The zero-order valence-corrected chi connectivity index (χ0v) is 14.9. The van der Waals surface area contributed by atoms with E-state index in [9.17, 15) is 13.2 Å². The van der Waals surface area contributed by atoms with Crippen LogP contribution in [0.25, 0.3) is 0 Å². The molecule has 0 aliphatic heterocycles. The van der Waals surface area contributed by atoms with Crippen LogP contribution in [0, 0.1) is 6.92 Å². The lowest BCUT2D eigenvalue weighted by atomic mass is 10.3. The molecule has 0 spiro atoms. The lowest BCUT2D eigenvalue weighted by Gasteiger charge is -2.12. The minimum Gasteiger partial charge on any atom is -0.495 e. The third-order valence-electron chi connectivity index (χ3n) is 3.71.